The van der Waals surface area contributed by atoms with Crippen LogP contribution in [0.4, 0.5) is 17.1 Å². The second kappa shape index (κ2) is 6.58. The molecule has 4 heteroatoms. The second-order valence-corrected chi connectivity index (χ2v) is 5.27. The van der Waals surface area contributed by atoms with Crippen LogP contribution in [-0.4, -0.2) is 6.54 Å². The fourth-order valence-corrected chi connectivity index (χ4v) is 2.51. The Hall–Kier alpha value is -2.39. The largest absolute Gasteiger partial charge is 0.384 e. The maximum absolute atomic E-state index is 6.14. The number of hydrogen-bond acceptors (Lipinski definition) is 3. The van der Waals surface area contributed by atoms with Gasteiger partial charge in [0.05, 0.1) is 10.7 Å². The summed E-state index contributed by atoms with van der Waals surface area (Å²) in [4.78, 5) is 0. The molecule has 0 spiro atoms. The first-order valence-corrected chi connectivity index (χ1v) is 7.59. The van der Waals surface area contributed by atoms with E-state index < -0.39 is 0 Å². The van der Waals surface area contributed by atoms with Crippen molar-refractivity contribution in [3.63, 3.8) is 0 Å². The fraction of sp³-hybridized carbons (Fsp3) is 0.111. The van der Waals surface area contributed by atoms with E-state index in [0.29, 0.717) is 10.7 Å². The van der Waals surface area contributed by atoms with Gasteiger partial charge in [-0.05, 0) is 30.5 Å². The molecule has 3 aromatic carbocycles. The molecule has 0 aliphatic rings. The van der Waals surface area contributed by atoms with Gasteiger partial charge in [0.15, 0.2) is 0 Å². The number of benzene rings is 3. The summed E-state index contributed by atoms with van der Waals surface area (Å²) in [6.45, 7) is 2.89. The topological polar surface area (TPSA) is 36.8 Å². The molecule has 0 radical (unpaired) electrons. The Kier molecular flexibility index (Phi) is 4.35. The van der Waals surface area contributed by atoms with Gasteiger partial charge in [0.25, 0.3) is 0 Å². The maximum atomic E-state index is 6.14. The van der Waals surface area contributed by atoms with Gasteiger partial charge in [0, 0.05) is 11.9 Å². The van der Waals surface area contributed by atoms with Crippen molar-refractivity contribution in [3.8, 4) is 0 Å². The molecule has 1 N–H and O–H groups in total. The lowest BCUT2D eigenvalue weighted by atomic mass is 10.1. The van der Waals surface area contributed by atoms with E-state index in [2.05, 4.69) is 40.7 Å². The number of halogens is 1. The van der Waals surface area contributed by atoms with E-state index in [1.165, 1.54) is 0 Å². The monoisotopic (exact) mass is 309 g/mol. The van der Waals surface area contributed by atoms with Crippen molar-refractivity contribution in [1.82, 2.24) is 0 Å². The van der Waals surface area contributed by atoms with Crippen LogP contribution in [0.5, 0.6) is 0 Å². The van der Waals surface area contributed by atoms with Gasteiger partial charge in [-0.25, -0.2) is 0 Å². The van der Waals surface area contributed by atoms with Crippen LogP contribution in [0.25, 0.3) is 10.8 Å². The first-order valence-electron chi connectivity index (χ1n) is 7.21. The number of nitrogens with one attached hydrogen (secondary N) is 1. The third-order valence-corrected chi connectivity index (χ3v) is 3.70. The first kappa shape index (κ1) is 14.5. The van der Waals surface area contributed by atoms with Gasteiger partial charge in [0.1, 0.15) is 11.4 Å². The van der Waals surface area contributed by atoms with E-state index in [1.54, 1.807) is 0 Å². The van der Waals surface area contributed by atoms with E-state index in [1.807, 2.05) is 42.5 Å². The van der Waals surface area contributed by atoms with E-state index >= 15 is 0 Å². The highest BCUT2D eigenvalue weighted by atomic mass is 35.5. The standard InChI is InChI=1S/C18H16ClN3/c1-2-20-17-12-11-13-7-3-4-8-14(13)18(17)22-21-16-10-6-5-9-15(16)19/h3-12,20H,2H2,1H3. The SMILES string of the molecule is CCNc1ccc2ccccc2c1N=Nc1ccccc1Cl. The minimum absolute atomic E-state index is 0.594. The molecule has 3 nitrogen and oxygen atoms in total. The van der Waals surface area contributed by atoms with Gasteiger partial charge in [-0.1, -0.05) is 54.1 Å². The lowest BCUT2D eigenvalue weighted by molar-refractivity contribution is 1.19. The van der Waals surface area contributed by atoms with Crippen LogP contribution in [0.1, 0.15) is 6.92 Å². The summed E-state index contributed by atoms with van der Waals surface area (Å²) < 4.78 is 0. The molecule has 0 bridgehead atoms. The molecule has 0 amide bonds. The Labute approximate surface area is 134 Å². The van der Waals surface area contributed by atoms with Crippen molar-refractivity contribution < 1.29 is 0 Å². The Morgan fingerprint density at radius 3 is 2.50 bits per heavy atom. The molecule has 110 valence electrons. The average Bonchev–Trinajstić information content (AvgIpc) is 2.55. The van der Waals surface area contributed by atoms with E-state index in [4.69, 9.17) is 11.6 Å². The normalized spacial score (nSPS) is 11.2. The molecule has 22 heavy (non-hydrogen) atoms. The quantitative estimate of drug-likeness (QED) is 0.561. The molecular weight excluding hydrogens is 294 g/mol. The number of rotatable bonds is 4. The molecule has 0 aliphatic carbocycles. The molecule has 0 aromatic heterocycles. The molecule has 0 heterocycles. The van der Waals surface area contributed by atoms with Crippen LogP contribution in [0.3, 0.4) is 0 Å². The van der Waals surface area contributed by atoms with Gasteiger partial charge in [-0.3, -0.25) is 0 Å². The number of nitrogens with zero attached hydrogens (tertiary/aromatic N) is 2. The third kappa shape index (κ3) is 2.95. The van der Waals surface area contributed by atoms with E-state index in [0.717, 1.165) is 28.7 Å². The summed E-state index contributed by atoms with van der Waals surface area (Å²) in [5.41, 5.74) is 2.47. The molecule has 0 fully saturated rings. The van der Waals surface area contributed by atoms with Crippen LogP contribution >= 0.6 is 11.6 Å². The van der Waals surface area contributed by atoms with Crippen molar-refractivity contribution in [2.75, 3.05) is 11.9 Å². The van der Waals surface area contributed by atoms with Gasteiger partial charge >= 0.3 is 0 Å². The number of fused-ring (bicyclic) bond motifs is 1. The van der Waals surface area contributed by atoms with Crippen molar-refractivity contribution in [1.29, 1.82) is 0 Å². The lowest BCUT2D eigenvalue weighted by Gasteiger charge is -2.09. The Morgan fingerprint density at radius 2 is 1.68 bits per heavy atom. The number of anilines is 1. The minimum Gasteiger partial charge on any atom is -0.384 e. The molecule has 0 unspecified atom stereocenters. The predicted molar refractivity (Wildman–Crippen MR) is 93.7 cm³/mol. The Morgan fingerprint density at radius 1 is 0.909 bits per heavy atom. The second-order valence-electron chi connectivity index (χ2n) is 4.86. The maximum Gasteiger partial charge on any atom is 0.117 e. The highest BCUT2D eigenvalue weighted by Gasteiger charge is 2.07. The zero-order valence-electron chi connectivity index (χ0n) is 12.3. The van der Waals surface area contributed by atoms with Gasteiger partial charge in [-0.15, -0.1) is 10.2 Å². The Bertz CT molecular complexity index is 827. The molecule has 0 atom stereocenters. The van der Waals surface area contributed by atoms with E-state index in [9.17, 15) is 0 Å². The summed E-state index contributed by atoms with van der Waals surface area (Å²) >= 11 is 6.14. The highest BCUT2D eigenvalue weighted by molar-refractivity contribution is 6.32. The van der Waals surface area contributed by atoms with Gasteiger partial charge < -0.3 is 5.32 Å². The van der Waals surface area contributed by atoms with Crippen LogP contribution < -0.4 is 5.32 Å². The molecule has 0 aliphatic heterocycles. The molecule has 3 aromatic rings. The fourth-order valence-electron chi connectivity index (χ4n) is 2.33. The summed E-state index contributed by atoms with van der Waals surface area (Å²) in [5.74, 6) is 0. The van der Waals surface area contributed by atoms with Crippen molar-refractivity contribution in [3.05, 3.63) is 65.7 Å². The summed E-state index contributed by atoms with van der Waals surface area (Å²) in [5, 5.41) is 14.9. The molecule has 0 saturated carbocycles. The zero-order chi connectivity index (χ0) is 15.4. The summed E-state index contributed by atoms with van der Waals surface area (Å²) in [6, 6.07) is 19.7. The van der Waals surface area contributed by atoms with Gasteiger partial charge in [-0.2, -0.15) is 0 Å². The van der Waals surface area contributed by atoms with Crippen LogP contribution in [0.15, 0.2) is 70.9 Å². The van der Waals surface area contributed by atoms with Crippen molar-refractivity contribution in [2.24, 2.45) is 10.2 Å². The average molecular weight is 310 g/mol. The highest BCUT2D eigenvalue weighted by Crippen LogP contribution is 2.36. The Balaban J connectivity index is 2.11. The predicted octanol–water partition coefficient (Wildman–Crippen LogP) is 6.34. The molecule has 3 rings (SSSR count). The van der Waals surface area contributed by atoms with E-state index in [-0.39, 0.29) is 0 Å². The minimum atomic E-state index is 0.594. The van der Waals surface area contributed by atoms with Crippen LogP contribution in [0.2, 0.25) is 5.02 Å². The van der Waals surface area contributed by atoms with Crippen molar-refractivity contribution >= 4 is 39.4 Å². The summed E-state index contributed by atoms with van der Waals surface area (Å²) in [7, 11) is 0. The third-order valence-electron chi connectivity index (χ3n) is 3.38. The molecular formula is C18H16ClN3. The smallest absolute Gasteiger partial charge is 0.117 e. The zero-order valence-corrected chi connectivity index (χ0v) is 13.0. The van der Waals surface area contributed by atoms with Crippen molar-refractivity contribution in [2.45, 2.75) is 6.92 Å². The summed E-state index contributed by atoms with van der Waals surface area (Å²) in [6.07, 6.45) is 0. The van der Waals surface area contributed by atoms with Gasteiger partial charge in [0.2, 0.25) is 0 Å². The van der Waals surface area contributed by atoms with Crippen LogP contribution in [0, 0.1) is 0 Å². The van der Waals surface area contributed by atoms with Crippen LogP contribution in [-0.2, 0) is 0 Å². The number of hydrogen-bond donors (Lipinski definition) is 1. The lowest BCUT2D eigenvalue weighted by Crippen LogP contribution is -1.96. The first-order chi connectivity index (χ1) is 10.8. The molecule has 0 saturated heterocycles. The number of azo groups is 1.